The van der Waals surface area contributed by atoms with Crippen LogP contribution in [0.2, 0.25) is 0 Å². The van der Waals surface area contributed by atoms with Crippen molar-refractivity contribution in [2.45, 2.75) is 57.8 Å². The summed E-state index contributed by atoms with van der Waals surface area (Å²) in [6.07, 6.45) is 10.6. The number of hydrogen-bond acceptors (Lipinski definition) is 1. The van der Waals surface area contributed by atoms with Crippen LogP contribution in [-0.4, -0.2) is 18.3 Å². The molecule has 0 heterocycles. The molecular formula is C13H24ClNO. The molecule has 0 unspecified atom stereocenters. The molecule has 0 aliphatic heterocycles. The highest BCUT2D eigenvalue weighted by atomic mass is 35.5. The first kappa shape index (κ1) is 13.8. The number of amides is 1. The monoisotopic (exact) mass is 245 g/mol. The van der Waals surface area contributed by atoms with Crippen LogP contribution in [0.25, 0.3) is 0 Å². The fourth-order valence-corrected chi connectivity index (χ4v) is 2.55. The van der Waals surface area contributed by atoms with Crippen LogP contribution in [0.5, 0.6) is 0 Å². The molecule has 0 atom stereocenters. The quantitative estimate of drug-likeness (QED) is 0.540. The van der Waals surface area contributed by atoms with Gasteiger partial charge in [-0.25, -0.2) is 0 Å². The third kappa shape index (κ3) is 6.37. The summed E-state index contributed by atoms with van der Waals surface area (Å²) in [6.45, 7) is 0.865. The van der Waals surface area contributed by atoms with Gasteiger partial charge in [0.1, 0.15) is 0 Å². The van der Waals surface area contributed by atoms with E-state index in [1.165, 1.54) is 38.5 Å². The number of unbranched alkanes of at least 4 members (excludes halogenated alkanes) is 1. The number of halogens is 1. The van der Waals surface area contributed by atoms with Gasteiger partial charge in [0, 0.05) is 18.8 Å². The average Bonchev–Trinajstić information content (AvgIpc) is 2.31. The zero-order valence-electron chi connectivity index (χ0n) is 10.1. The van der Waals surface area contributed by atoms with Gasteiger partial charge in [0.05, 0.1) is 0 Å². The minimum Gasteiger partial charge on any atom is -0.356 e. The Hall–Kier alpha value is -0.240. The number of carbonyl (C=O) groups excluding carboxylic acids is 1. The molecule has 0 aromatic heterocycles. The first-order valence-corrected chi connectivity index (χ1v) is 7.19. The van der Waals surface area contributed by atoms with Crippen molar-refractivity contribution in [1.29, 1.82) is 0 Å². The summed E-state index contributed by atoms with van der Waals surface area (Å²) in [5, 5.41) is 3.01. The molecule has 16 heavy (non-hydrogen) atoms. The van der Waals surface area contributed by atoms with Crippen molar-refractivity contribution in [2.24, 2.45) is 5.92 Å². The summed E-state index contributed by atoms with van der Waals surface area (Å²) in [6, 6.07) is 0. The van der Waals surface area contributed by atoms with Crippen LogP contribution in [0.3, 0.4) is 0 Å². The molecule has 1 saturated carbocycles. The van der Waals surface area contributed by atoms with Crippen molar-refractivity contribution in [3.8, 4) is 0 Å². The lowest BCUT2D eigenvalue weighted by atomic mass is 9.87. The maximum Gasteiger partial charge on any atom is 0.219 e. The molecule has 3 heteroatoms. The summed E-state index contributed by atoms with van der Waals surface area (Å²) in [4.78, 5) is 11.4. The van der Waals surface area contributed by atoms with E-state index in [0.717, 1.165) is 25.3 Å². The highest BCUT2D eigenvalue weighted by Gasteiger charge is 2.12. The molecule has 0 spiro atoms. The van der Waals surface area contributed by atoms with Crippen LogP contribution in [0.15, 0.2) is 0 Å². The van der Waals surface area contributed by atoms with Crippen molar-refractivity contribution in [3.63, 3.8) is 0 Å². The molecule has 0 aromatic rings. The predicted molar refractivity (Wildman–Crippen MR) is 68.8 cm³/mol. The van der Waals surface area contributed by atoms with Gasteiger partial charge >= 0.3 is 0 Å². The topological polar surface area (TPSA) is 29.1 Å². The summed E-state index contributed by atoms with van der Waals surface area (Å²) >= 11 is 5.56. The number of carbonyl (C=O) groups is 1. The zero-order valence-corrected chi connectivity index (χ0v) is 10.9. The maximum atomic E-state index is 11.4. The van der Waals surface area contributed by atoms with E-state index in [-0.39, 0.29) is 5.91 Å². The van der Waals surface area contributed by atoms with Gasteiger partial charge < -0.3 is 5.32 Å². The normalized spacial score (nSPS) is 17.3. The lowest BCUT2D eigenvalue weighted by Crippen LogP contribution is -2.26. The number of hydrogen-bond donors (Lipinski definition) is 1. The average molecular weight is 246 g/mol. The van der Waals surface area contributed by atoms with Crippen LogP contribution in [-0.2, 0) is 4.79 Å². The number of alkyl halides is 1. The standard InChI is InChI=1S/C13H24ClNO/c14-10-5-4-8-13(16)15-11-9-12-6-2-1-3-7-12/h12H,1-11H2,(H,15,16). The molecular weight excluding hydrogens is 222 g/mol. The first-order chi connectivity index (χ1) is 7.83. The molecule has 1 fully saturated rings. The highest BCUT2D eigenvalue weighted by molar-refractivity contribution is 6.17. The fourth-order valence-electron chi connectivity index (χ4n) is 2.36. The summed E-state index contributed by atoms with van der Waals surface area (Å²) in [5.41, 5.74) is 0. The molecule has 0 aromatic carbocycles. The lowest BCUT2D eigenvalue weighted by molar-refractivity contribution is -0.121. The minimum atomic E-state index is 0.195. The first-order valence-electron chi connectivity index (χ1n) is 6.65. The molecule has 0 saturated heterocycles. The zero-order chi connectivity index (χ0) is 11.6. The minimum absolute atomic E-state index is 0.195. The van der Waals surface area contributed by atoms with Gasteiger partial charge in [-0.15, -0.1) is 11.6 Å². The van der Waals surface area contributed by atoms with Crippen LogP contribution < -0.4 is 5.32 Å². The Kier molecular flexibility index (Phi) is 7.65. The Morgan fingerprint density at radius 2 is 1.94 bits per heavy atom. The third-order valence-corrected chi connectivity index (χ3v) is 3.65. The molecule has 1 rings (SSSR count). The van der Waals surface area contributed by atoms with E-state index >= 15 is 0 Å². The second-order valence-electron chi connectivity index (χ2n) is 4.79. The van der Waals surface area contributed by atoms with Gasteiger partial charge in [-0.3, -0.25) is 4.79 Å². The van der Waals surface area contributed by atoms with Crippen LogP contribution in [0.1, 0.15) is 57.8 Å². The van der Waals surface area contributed by atoms with E-state index in [1.807, 2.05) is 0 Å². The largest absolute Gasteiger partial charge is 0.356 e. The molecule has 94 valence electrons. The Morgan fingerprint density at radius 1 is 1.19 bits per heavy atom. The molecule has 0 radical (unpaired) electrons. The number of nitrogens with one attached hydrogen (secondary N) is 1. The van der Waals surface area contributed by atoms with Crippen molar-refractivity contribution >= 4 is 17.5 Å². The molecule has 1 aliphatic rings. The van der Waals surface area contributed by atoms with Crippen molar-refractivity contribution in [3.05, 3.63) is 0 Å². The van der Waals surface area contributed by atoms with Crippen LogP contribution >= 0.6 is 11.6 Å². The number of rotatable bonds is 7. The van der Waals surface area contributed by atoms with Gasteiger partial charge in [-0.2, -0.15) is 0 Å². The van der Waals surface area contributed by atoms with Crippen molar-refractivity contribution < 1.29 is 4.79 Å². The van der Waals surface area contributed by atoms with E-state index in [1.54, 1.807) is 0 Å². The fraction of sp³-hybridized carbons (Fsp3) is 0.923. The predicted octanol–water partition coefficient (Wildman–Crippen LogP) is 3.48. The van der Waals surface area contributed by atoms with Gasteiger partial charge in [-0.05, 0) is 25.2 Å². The van der Waals surface area contributed by atoms with Gasteiger partial charge in [-0.1, -0.05) is 32.1 Å². The van der Waals surface area contributed by atoms with Gasteiger partial charge in [0.25, 0.3) is 0 Å². The molecule has 1 N–H and O–H groups in total. The second-order valence-corrected chi connectivity index (χ2v) is 5.17. The Bertz CT molecular complexity index is 190. The van der Waals surface area contributed by atoms with E-state index in [4.69, 9.17) is 11.6 Å². The highest BCUT2D eigenvalue weighted by Crippen LogP contribution is 2.25. The van der Waals surface area contributed by atoms with Crippen molar-refractivity contribution in [1.82, 2.24) is 5.32 Å². The maximum absolute atomic E-state index is 11.4. The summed E-state index contributed by atoms with van der Waals surface area (Å²) in [5.74, 6) is 1.72. The van der Waals surface area contributed by atoms with E-state index in [9.17, 15) is 4.79 Å². The van der Waals surface area contributed by atoms with Crippen molar-refractivity contribution in [2.75, 3.05) is 12.4 Å². The van der Waals surface area contributed by atoms with E-state index in [0.29, 0.717) is 12.3 Å². The smallest absolute Gasteiger partial charge is 0.219 e. The van der Waals surface area contributed by atoms with Crippen LogP contribution in [0, 0.1) is 5.92 Å². The van der Waals surface area contributed by atoms with Gasteiger partial charge in [0.15, 0.2) is 0 Å². The summed E-state index contributed by atoms with van der Waals surface area (Å²) < 4.78 is 0. The second kappa shape index (κ2) is 8.86. The Balaban J connectivity index is 1.94. The van der Waals surface area contributed by atoms with E-state index < -0.39 is 0 Å². The molecule has 1 amide bonds. The Morgan fingerprint density at radius 3 is 2.62 bits per heavy atom. The molecule has 1 aliphatic carbocycles. The van der Waals surface area contributed by atoms with Crippen LogP contribution in [0.4, 0.5) is 0 Å². The lowest BCUT2D eigenvalue weighted by Gasteiger charge is -2.21. The Labute approximate surface area is 104 Å². The SMILES string of the molecule is O=C(CCCCCl)NCCC1CCCCC1. The molecule has 2 nitrogen and oxygen atoms in total. The van der Waals surface area contributed by atoms with E-state index in [2.05, 4.69) is 5.32 Å². The molecule has 0 bridgehead atoms. The third-order valence-electron chi connectivity index (χ3n) is 3.39. The van der Waals surface area contributed by atoms with Gasteiger partial charge in [0.2, 0.25) is 5.91 Å². The summed E-state index contributed by atoms with van der Waals surface area (Å²) in [7, 11) is 0.